The maximum Gasteiger partial charge on any atom is 0.251 e. The van der Waals surface area contributed by atoms with Crippen molar-refractivity contribution in [2.45, 2.75) is 13.5 Å². The summed E-state index contributed by atoms with van der Waals surface area (Å²) in [5.74, 6) is -0.215. The van der Waals surface area contributed by atoms with Crippen LogP contribution in [0.1, 0.15) is 5.69 Å². The van der Waals surface area contributed by atoms with Crippen molar-refractivity contribution in [2.75, 3.05) is 5.32 Å². The number of hydrogen-bond donors (Lipinski definition) is 1. The smallest absolute Gasteiger partial charge is 0.251 e. The summed E-state index contributed by atoms with van der Waals surface area (Å²) in [6.45, 7) is 1.82. The van der Waals surface area contributed by atoms with Gasteiger partial charge in [-0.15, -0.1) is 0 Å². The lowest BCUT2D eigenvalue weighted by Crippen LogP contribution is -2.28. The summed E-state index contributed by atoms with van der Waals surface area (Å²) in [6.07, 6.45) is 0. The van der Waals surface area contributed by atoms with Crippen LogP contribution in [-0.4, -0.2) is 10.5 Å². The Morgan fingerprint density at radius 1 is 1.00 bits per heavy atom. The molecule has 0 saturated heterocycles. The third kappa shape index (κ3) is 2.76. The van der Waals surface area contributed by atoms with E-state index in [1.165, 1.54) is 10.6 Å². The van der Waals surface area contributed by atoms with Gasteiger partial charge in [0, 0.05) is 22.8 Å². The Kier molecular flexibility index (Phi) is 3.74. The number of pyridine rings is 1. The number of anilines is 1. The van der Waals surface area contributed by atoms with Crippen LogP contribution in [0.2, 0.25) is 0 Å². The molecule has 4 nitrogen and oxygen atoms in total. The van der Waals surface area contributed by atoms with Gasteiger partial charge in [0.05, 0.1) is 0 Å². The van der Waals surface area contributed by atoms with Crippen LogP contribution in [0.25, 0.3) is 10.8 Å². The zero-order valence-electron chi connectivity index (χ0n) is 12.2. The SMILES string of the molecule is Cc1cccc(=O)n1CC(=O)Nc1cccc2ccccc12. The number of nitrogens with one attached hydrogen (secondary N) is 1. The predicted molar refractivity (Wildman–Crippen MR) is 88.0 cm³/mol. The van der Waals surface area contributed by atoms with Crippen LogP contribution in [0, 0.1) is 6.92 Å². The molecule has 0 aliphatic heterocycles. The van der Waals surface area contributed by atoms with Gasteiger partial charge in [-0.05, 0) is 24.4 Å². The summed E-state index contributed by atoms with van der Waals surface area (Å²) in [5.41, 5.74) is 1.35. The third-order valence-electron chi connectivity index (χ3n) is 3.63. The highest BCUT2D eigenvalue weighted by atomic mass is 16.2. The van der Waals surface area contributed by atoms with Crippen LogP contribution < -0.4 is 10.9 Å². The van der Waals surface area contributed by atoms with Crippen LogP contribution in [0.5, 0.6) is 0 Å². The molecule has 1 heterocycles. The number of nitrogens with zero attached hydrogens (tertiary/aromatic N) is 1. The number of carbonyl (C=O) groups excluding carboxylic acids is 1. The molecular formula is C18H16N2O2. The molecule has 1 N–H and O–H groups in total. The molecular weight excluding hydrogens is 276 g/mol. The number of rotatable bonds is 3. The number of benzene rings is 2. The highest BCUT2D eigenvalue weighted by molar-refractivity contribution is 6.02. The van der Waals surface area contributed by atoms with E-state index >= 15 is 0 Å². The minimum absolute atomic E-state index is 0.00866. The van der Waals surface area contributed by atoms with Gasteiger partial charge in [0.2, 0.25) is 5.91 Å². The summed E-state index contributed by atoms with van der Waals surface area (Å²) in [5, 5.41) is 4.93. The van der Waals surface area contributed by atoms with Gasteiger partial charge in [-0.25, -0.2) is 0 Å². The van der Waals surface area contributed by atoms with E-state index in [-0.39, 0.29) is 18.0 Å². The molecule has 0 unspecified atom stereocenters. The summed E-state index contributed by atoms with van der Waals surface area (Å²) in [7, 11) is 0. The minimum atomic E-state index is -0.215. The van der Waals surface area contributed by atoms with Crippen molar-refractivity contribution in [3.63, 3.8) is 0 Å². The standard InChI is InChI=1S/C18H16N2O2/c1-13-6-4-11-18(22)20(13)12-17(21)19-16-10-5-8-14-7-2-3-9-15(14)16/h2-11H,12H2,1H3,(H,19,21). The monoisotopic (exact) mass is 292 g/mol. The van der Waals surface area contributed by atoms with Gasteiger partial charge in [0.15, 0.2) is 0 Å². The zero-order chi connectivity index (χ0) is 15.5. The number of aromatic nitrogens is 1. The molecule has 1 amide bonds. The molecule has 2 aromatic carbocycles. The Morgan fingerprint density at radius 3 is 2.55 bits per heavy atom. The van der Waals surface area contributed by atoms with Gasteiger partial charge in [-0.3, -0.25) is 9.59 Å². The first-order valence-electron chi connectivity index (χ1n) is 7.09. The Labute approximate surface area is 128 Å². The quantitative estimate of drug-likeness (QED) is 0.807. The Morgan fingerprint density at radius 2 is 1.73 bits per heavy atom. The molecule has 0 saturated carbocycles. The molecule has 3 rings (SSSR count). The molecule has 0 aliphatic rings. The number of hydrogen-bond acceptors (Lipinski definition) is 2. The number of aryl methyl sites for hydroxylation is 1. The average Bonchev–Trinajstić information content (AvgIpc) is 2.51. The van der Waals surface area contributed by atoms with Gasteiger partial charge >= 0.3 is 0 Å². The Balaban J connectivity index is 1.86. The van der Waals surface area contributed by atoms with Crippen molar-refractivity contribution in [1.82, 2.24) is 4.57 Å². The second kappa shape index (κ2) is 5.85. The van der Waals surface area contributed by atoms with Crippen molar-refractivity contribution >= 4 is 22.4 Å². The van der Waals surface area contributed by atoms with Gasteiger partial charge in [-0.1, -0.05) is 42.5 Å². The van der Waals surface area contributed by atoms with E-state index in [0.29, 0.717) is 0 Å². The number of fused-ring (bicyclic) bond motifs is 1. The van der Waals surface area contributed by atoms with Crippen molar-refractivity contribution in [3.05, 3.63) is 76.7 Å². The first kappa shape index (κ1) is 14.1. The lowest BCUT2D eigenvalue weighted by Gasteiger charge is -2.11. The lowest BCUT2D eigenvalue weighted by atomic mass is 10.1. The Bertz CT molecular complexity index is 891. The fraction of sp³-hybridized carbons (Fsp3) is 0.111. The lowest BCUT2D eigenvalue weighted by molar-refractivity contribution is -0.116. The molecule has 4 heteroatoms. The third-order valence-corrected chi connectivity index (χ3v) is 3.63. The molecule has 0 aliphatic carbocycles. The van der Waals surface area contributed by atoms with Crippen LogP contribution in [0.3, 0.4) is 0 Å². The molecule has 0 atom stereocenters. The van der Waals surface area contributed by atoms with Gasteiger partial charge < -0.3 is 9.88 Å². The molecule has 110 valence electrons. The number of amides is 1. The fourth-order valence-electron chi connectivity index (χ4n) is 2.49. The topological polar surface area (TPSA) is 51.1 Å². The summed E-state index contributed by atoms with van der Waals surface area (Å²) in [4.78, 5) is 24.1. The van der Waals surface area contributed by atoms with E-state index in [4.69, 9.17) is 0 Å². The maximum absolute atomic E-state index is 12.3. The van der Waals surface area contributed by atoms with Crippen molar-refractivity contribution in [1.29, 1.82) is 0 Å². The first-order chi connectivity index (χ1) is 10.6. The summed E-state index contributed by atoms with van der Waals surface area (Å²) < 4.78 is 1.46. The van der Waals surface area contributed by atoms with Crippen molar-refractivity contribution < 1.29 is 4.79 Å². The van der Waals surface area contributed by atoms with Crippen molar-refractivity contribution in [2.24, 2.45) is 0 Å². The second-order valence-electron chi connectivity index (χ2n) is 5.17. The average molecular weight is 292 g/mol. The summed E-state index contributed by atoms with van der Waals surface area (Å²) in [6, 6.07) is 18.6. The fourth-order valence-corrected chi connectivity index (χ4v) is 2.49. The highest BCUT2D eigenvalue weighted by Crippen LogP contribution is 2.22. The largest absolute Gasteiger partial charge is 0.324 e. The molecule has 1 aromatic heterocycles. The van der Waals surface area contributed by atoms with Gasteiger partial charge in [0.25, 0.3) is 5.56 Å². The molecule has 3 aromatic rings. The minimum Gasteiger partial charge on any atom is -0.324 e. The van der Waals surface area contributed by atoms with Crippen LogP contribution >= 0.6 is 0 Å². The zero-order valence-corrected chi connectivity index (χ0v) is 12.2. The summed E-state index contributed by atoms with van der Waals surface area (Å²) >= 11 is 0. The Hall–Kier alpha value is -2.88. The highest BCUT2D eigenvalue weighted by Gasteiger charge is 2.08. The molecule has 0 radical (unpaired) electrons. The van der Waals surface area contributed by atoms with E-state index in [9.17, 15) is 9.59 Å². The molecule has 22 heavy (non-hydrogen) atoms. The van der Waals surface area contributed by atoms with E-state index < -0.39 is 0 Å². The van der Waals surface area contributed by atoms with Crippen LogP contribution in [0.4, 0.5) is 5.69 Å². The van der Waals surface area contributed by atoms with E-state index in [1.54, 1.807) is 6.07 Å². The number of carbonyl (C=O) groups is 1. The second-order valence-corrected chi connectivity index (χ2v) is 5.17. The first-order valence-corrected chi connectivity index (χ1v) is 7.09. The molecule has 0 fully saturated rings. The van der Waals surface area contributed by atoms with Gasteiger partial charge in [-0.2, -0.15) is 0 Å². The maximum atomic E-state index is 12.3. The van der Waals surface area contributed by atoms with Crippen LogP contribution in [0.15, 0.2) is 65.5 Å². The van der Waals surface area contributed by atoms with E-state index in [1.807, 2.05) is 55.5 Å². The van der Waals surface area contributed by atoms with E-state index in [2.05, 4.69) is 5.32 Å². The van der Waals surface area contributed by atoms with Gasteiger partial charge in [0.1, 0.15) is 6.54 Å². The van der Waals surface area contributed by atoms with Crippen molar-refractivity contribution in [3.8, 4) is 0 Å². The molecule has 0 spiro atoms. The van der Waals surface area contributed by atoms with E-state index in [0.717, 1.165) is 22.2 Å². The van der Waals surface area contributed by atoms with Crippen LogP contribution in [-0.2, 0) is 11.3 Å². The normalized spacial score (nSPS) is 10.6. The molecule has 0 bridgehead atoms. The predicted octanol–water partition coefficient (Wildman–Crippen LogP) is 2.95.